The van der Waals surface area contributed by atoms with Crippen LogP contribution in [0.3, 0.4) is 0 Å². The SMILES string of the molecule is CC(=O)c1cccc(NC(=O)c2cc(C)nc(Nc3ccc(C)cc3)n2)c1. The summed E-state index contributed by atoms with van der Waals surface area (Å²) in [6.45, 7) is 5.30. The van der Waals surface area contributed by atoms with Crippen LogP contribution >= 0.6 is 0 Å². The number of benzene rings is 2. The number of ketones is 1. The Hall–Kier alpha value is -3.54. The number of nitrogens with one attached hydrogen (secondary N) is 2. The molecule has 0 bridgehead atoms. The van der Waals surface area contributed by atoms with Crippen molar-refractivity contribution >= 4 is 29.0 Å². The molecule has 1 aromatic heterocycles. The van der Waals surface area contributed by atoms with Crippen LogP contribution in [0, 0.1) is 13.8 Å². The predicted molar refractivity (Wildman–Crippen MR) is 106 cm³/mol. The molecule has 1 amide bonds. The maximum Gasteiger partial charge on any atom is 0.274 e. The van der Waals surface area contributed by atoms with Crippen LogP contribution in [0.15, 0.2) is 54.6 Å². The average Bonchev–Trinajstić information content (AvgIpc) is 2.63. The lowest BCUT2D eigenvalue weighted by Crippen LogP contribution is -2.15. The second-order valence-electron chi connectivity index (χ2n) is 6.30. The van der Waals surface area contributed by atoms with E-state index in [0.29, 0.717) is 22.9 Å². The maximum atomic E-state index is 12.6. The lowest BCUT2D eigenvalue weighted by Gasteiger charge is -2.09. The Morgan fingerprint density at radius 2 is 1.63 bits per heavy atom. The van der Waals surface area contributed by atoms with Crippen molar-refractivity contribution in [1.29, 1.82) is 0 Å². The Morgan fingerprint density at radius 1 is 0.889 bits per heavy atom. The quantitative estimate of drug-likeness (QED) is 0.663. The molecule has 2 N–H and O–H groups in total. The van der Waals surface area contributed by atoms with Gasteiger partial charge in [0, 0.05) is 22.6 Å². The Morgan fingerprint density at radius 3 is 2.33 bits per heavy atom. The molecule has 0 saturated heterocycles. The van der Waals surface area contributed by atoms with Gasteiger partial charge in [0.15, 0.2) is 5.78 Å². The second-order valence-corrected chi connectivity index (χ2v) is 6.30. The third kappa shape index (κ3) is 4.76. The highest BCUT2D eigenvalue weighted by Gasteiger charge is 2.12. The summed E-state index contributed by atoms with van der Waals surface area (Å²) in [5.41, 5.74) is 3.98. The summed E-state index contributed by atoms with van der Waals surface area (Å²) >= 11 is 0. The topological polar surface area (TPSA) is 84.0 Å². The molecule has 0 aliphatic rings. The summed E-state index contributed by atoms with van der Waals surface area (Å²) in [6.07, 6.45) is 0. The molecule has 6 heteroatoms. The first-order valence-electron chi connectivity index (χ1n) is 8.52. The first kappa shape index (κ1) is 18.3. The molecule has 0 fully saturated rings. The van der Waals surface area contributed by atoms with Gasteiger partial charge in [-0.2, -0.15) is 0 Å². The van der Waals surface area contributed by atoms with Crippen LogP contribution in [-0.4, -0.2) is 21.7 Å². The van der Waals surface area contributed by atoms with Crippen molar-refractivity contribution in [3.63, 3.8) is 0 Å². The molecule has 2 aromatic carbocycles. The van der Waals surface area contributed by atoms with Gasteiger partial charge in [0.2, 0.25) is 5.95 Å². The molecular weight excluding hydrogens is 340 g/mol. The number of nitrogens with zero attached hydrogens (tertiary/aromatic N) is 2. The summed E-state index contributed by atoms with van der Waals surface area (Å²) in [5, 5.41) is 5.88. The van der Waals surface area contributed by atoms with E-state index in [1.165, 1.54) is 6.92 Å². The van der Waals surface area contributed by atoms with E-state index in [9.17, 15) is 9.59 Å². The van der Waals surface area contributed by atoms with E-state index in [2.05, 4.69) is 20.6 Å². The summed E-state index contributed by atoms with van der Waals surface area (Å²) < 4.78 is 0. The van der Waals surface area contributed by atoms with Crippen LogP contribution in [0.1, 0.15) is 39.0 Å². The van der Waals surface area contributed by atoms with Crippen LogP contribution in [0.25, 0.3) is 0 Å². The number of carbonyl (C=O) groups is 2. The molecular formula is C21H20N4O2. The lowest BCUT2D eigenvalue weighted by atomic mass is 10.1. The largest absolute Gasteiger partial charge is 0.324 e. The highest BCUT2D eigenvalue weighted by atomic mass is 16.2. The summed E-state index contributed by atoms with van der Waals surface area (Å²) in [7, 11) is 0. The van der Waals surface area contributed by atoms with Crippen molar-refractivity contribution in [1.82, 2.24) is 9.97 Å². The van der Waals surface area contributed by atoms with E-state index in [0.717, 1.165) is 11.3 Å². The molecule has 136 valence electrons. The minimum absolute atomic E-state index is 0.0615. The predicted octanol–water partition coefficient (Wildman–Crippen LogP) is 4.29. The van der Waals surface area contributed by atoms with Crippen LogP contribution in [-0.2, 0) is 0 Å². The first-order valence-corrected chi connectivity index (χ1v) is 8.52. The molecule has 0 aliphatic heterocycles. The zero-order valence-electron chi connectivity index (χ0n) is 15.4. The highest BCUT2D eigenvalue weighted by molar-refractivity contribution is 6.04. The molecule has 0 atom stereocenters. The number of hydrogen-bond acceptors (Lipinski definition) is 5. The molecule has 0 aliphatic carbocycles. The van der Waals surface area contributed by atoms with Crippen LogP contribution in [0.4, 0.5) is 17.3 Å². The van der Waals surface area contributed by atoms with Crippen molar-refractivity contribution in [3.05, 3.63) is 77.1 Å². The molecule has 0 radical (unpaired) electrons. The Bertz CT molecular complexity index is 997. The number of anilines is 3. The average molecular weight is 360 g/mol. The van der Waals surface area contributed by atoms with Crippen LogP contribution in [0.5, 0.6) is 0 Å². The zero-order valence-corrected chi connectivity index (χ0v) is 15.4. The van der Waals surface area contributed by atoms with Gasteiger partial charge in [0.25, 0.3) is 5.91 Å². The minimum atomic E-state index is -0.367. The molecule has 27 heavy (non-hydrogen) atoms. The van der Waals surface area contributed by atoms with Crippen LogP contribution in [0.2, 0.25) is 0 Å². The molecule has 3 rings (SSSR count). The Labute approximate surface area is 157 Å². The Kier molecular flexibility index (Phi) is 5.26. The molecule has 3 aromatic rings. The normalized spacial score (nSPS) is 10.3. The van der Waals surface area contributed by atoms with Crippen molar-refractivity contribution in [2.24, 2.45) is 0 Å². The first-order chi connectivity index (χ1) is 12.9. The standard InChI is InChI=1S/C21H20N4O2/c1-13-7-9-17(10-8-13)24-21-22-14(2)11-19(25-21)20(27)23-18-6-4-5-16(12-18)15(3)26/h4-12H,1-3H3,(H,23,27)(H,22,24,25). The van der Waals surface area contributed by atoms with Crippen LogP contribution < -0.4 is 10.6 Å². The lowest BCUT2D eigenvalue weighted by molar-refractivity contribution is 0.100. The van der Waals surface area contributed by atoms with E-state index in [1.54, 1.807) is 37.3 Å². The van der Waals surface area contributed by atoms with E-state index < -0.39 is 0 Å². The summed E-state index contributed by atoms with van der Waals surface area (Å²) in [4.78, 5) is 32.7. The smallest absolute Gasteiger partial charge is 0.274 e. The molecule has 6 nitrogen and oxygen atoms in total. The number of amides is 1. The van der Waals surface area contributed by atoms with E-state index in [4.69, 9.17) is 0 Å². The maximum absolute atomic E-state index is 12.6. The fraction of sp³-hybridized carbons (Fsp3) is 0.143. The van der Waals surface area contributed by atoms with Gasteiger partial charge in [-0.15, -0.1) is 0 Å². The van der Waals surface area contributed by atoms with Gasteiger partial charge in [-0.1, -0.05) is 29.8 Å². The van der Waals surface area contributed by atoms with Gasteiger partial charge in [0.1, 0.15) is 5.69 Å². The summed E-state index contributed by atoms with van der Waals surface area (Å²) in [6, 6.07) is 16.2. The molecule has 0 saturated carbocycles. The van der Waals surface area contributed by atoms with E-state index >= 15 is 0 Å². The fourth-order valence-electron chi connectivity index (χ4n) is 2.52. The number of hydrogen-bond donors (Lipinski definition) is 2. The fourth-order valence-corrected chi connectivity index (χ4v) is 2.52. The van der Waals surface area contributed by atoms with Crippen molar-refractivity contribution in [3.8, 4) is 0 Å². The Balaban J connectivity index is 1.80. The number of rotatable bonds is 5. The van der Waals surface area contributed by atoms with E-state index in [-0.39, 0.29) is 17.4 Å². The van der Waals surface area contributed by atoms with Crippen molar-refractivity contribution < 1.29 is 9.59 Å². The minimum Gasteiger partial charge on any atom is -0.324 e. The molecule has 0 spiro atoms. The number of carbonyl (C=O) groups excluding carboxylic acids is 2. The number of aryl methyl sites for hydroxylation is 2. The highest BCUT2D eigenvalue weighted by Crippen LogP contribution is 2.16. The summed E-state index contributed by atoms with van der Waals surface area (Å²) in [5.74, 6) is -0.0804. The molecule has 0 unspecified atom stereocenters. The van der Waals surface area contributed by atoms with Gasteiger partial charge >= 0.3 is 0 Å². The monoisotopic (exact) mass is 360 g/mol. The zero-order chi connectivity index (χ0) is 19.4. The van der Waals surface area contributed by atoms with Gasteiger partial charge in [-0.3, -0.25) is 9.59 Å². The van der Waals surface area contributed by atoms with Gasteiger partial charge in [-0.05, 0) is 51.1 Å². The second kappa shape index (κ2) is 7.78. The van der Waals surface area contributed by atoms with Crippen molar-refractivity contribution in [2.45, 2.75) is 20.8 Å². The molecule has 1 heterocycles. The third-order valence-corrected chi connectivity index (χ3v) is 3.92. The third-order valence-electron chi connectivity index (χ3n) is 3.92. The van der Waals surface area contributed by atoms with Crippen molar-refractivity contribution in [2.75, 3.05) is 10.6 Å². The van der Waals surface area contributed by atoms with Gasteiger partial charge in [-0.25, -0.2) is 9.97 Å². The van der Waals surface area contributed by atoms with E-state index in [1.807, 2.05) is 31.2 Å². The number of Topliss-reactive ketones (excluding diaryl/α,β-unsaturated/α-hetero) is 1. The van der Waals surface area contributed by atoms with Gasteiger partial charge in [0.05, 0.1) is 0 Å². The van der Waals surface area contributed by atoms with Gasteiger partial charge < -0.3 is 10.6 Å². The number of aromatic nitrogens is 2.